The summed E-state index contributed by atoms with van der Waals surface area (Å²) in [6.07, 6.45) is 12.6. The summed E-state index contributed by atoms with van der Waals surface area (Å²) in [6.45, 7) is 23.2. The molecule has 0 bridgehead atoms. The highest BCUT2D eigenvalue weighted by atomic mass is 19.1. The second-order valence-corrected chi connectivity index (χ2v) is 27.5. The average Bonchev–Trinajstić information content (AvgIpc) is 4.15. The molecule has 1 aliphatic heterocycles. The number of hydrogen-bond acceptors (Lipinski definition) is 10. The Morgan fingerprint density at radius 1 is 0.542 bits per heavy atom. The van der Waals surface area contributed by atoms with Gasteiger partial charge in [-0.05, 0) is 161 Å². The van der Waals surface area contributed by atoms with Crippen LogP contribution in [0.4, 0.5) is 4.39 Å². The molecule has 3 fully saturated rings. The van der Waals surface area contributed by atoms with Crippen molar-refractivity contribution in [3.05, 3.63) is 35.6 Å². The lowest BCUT2D eigenvalue weighted by Crippen LogP contribution is -2.65. The molecule has 8 N–H and O–H groups in total. The molecule has 7 atom stereocenters. The summed E-state index contributed by atoms with van der Waals surface area (Å²) >= 11 is 0. The van der Waals surface area contributed by atoms with E-state index < -0.39 is 99.9 Å². The Balaban J connectivity index is 1.51. The maximum absolute atomic E-state index is 14.7. The summed E-state index contributed by atoms with van der Waals surface area (Å²) in [7, 11) is 3.77. The Kier molecular flexibility index (Phi) is 26.5. The van der Waals surface area contributed by atoms with Crippen molar-refractivity contribution < 1.29 is 47.5 Å². The van der Waals surface area contributed by atoms with Gasteiger partial charge in [-0.15, -0.1) is 0 Å². The quantitative estimate of drug-likeness (QED) is 0.0437. The van der Waals surface area contributed by atoms with E-state index in [1.165, 1.54) is 52.0 Å². The molecule has 1 heterocycles. The van der Waals surface area contributed by atoms with Crippen molar-refractivity contribution in [2.45, 2.75) is 246 Å². The highest BCUT2D eigenvalue weighted by molar-refractivity contribution is 6.01. The van der Waals surface area contributed by atoms with E-state index in [-0.39, 0.29) is 60.4 Å². The van der Waals surface area contributed by atoms with Crippen molar-refractivity contribution in [1.29, 1.82) is 0 Å². The zero-order valence-corrected chi connectivity index (χ0v) is 52.9. The lowest BCUT2D eigenvalue weighted by atomic mass is 9.79. The van der Waals surface area contributed by atoms with E-state index in [0.717, 1.165) is 64.2 Å². The molecular formula is C63H105FN10O9. The molecule has 0 unspecified atom stereocenters. The van der Waals surface area contributed by atoms with E-state index in [9.17, 15) is 47.5 Å². The summed E-state index contributed by atoms with van der Waals surface area (Å²) in [5.41, 5.74) is -4.23. The minimum absolute atomic E-state index is 0.0796. The summed E-state index contributed by atoms with van der Waals surface area (Å²) in [4.78, 5) is 131. The third kappa shape index (κ3) is 22.0. The summed E-state index contributed by atoms with van der Waals surface area (Å²) in [5, 5.41) is 22.9. The molecule has 468 valence electrons. The van der Waals surface area contributed by atoms with Gasteiger partial charge in [0.25, 0.3) is 5.91 Å². The Morgan fingerprint density at radius 2 is 0.988 bits per heavy atom. The molecule has 3 aliphatic rings. The molecule has 20 heteroatoms. The van der Waals surface area contributed by atoms with Crippen LogP contribution < -0.4 is 42.5 Å². The van der Waals surface area contributed by atoms with E-state index in [0.29, 0.717) is 44.2 Å². The molecule has 19 nitrogen and oxygen atoms in total. The zero-order chi connectivity index (χ0) is 62.1. The van der Waals surface area contributed by atoms with Crippen LogP contribution in [0.2, 0.25) is 0 Å². The summed E-state index contributed by atoms with van der Waals surface area (Å²) in [6, 6.07) is -0.245. The van der Waals surface area contributed by atoms with E-state index in [1.807, 2.05) is 67.5 Å². The van der Waals surface area contributed by atoms with Crippen molar-refractivity contribution in [2.24, 2.45) is 35.5 Å². The van der Waals surface area contributed by atoms with Crippen molar-refractivity contribution in [2.75, 3.05) is 27.2 Å². The van der Waals surface area contributed by atoms with Gasteiger partial charge in [-0.1, -0.05) is 106 Å². The molecule has 0 aromatic heterocycles. The molecule has 2 aliphatic carbocycles. The van der Waals surface area contributed by atoms with Gasteiger partial charge in [-0.25, -0.2) is 4.39 Å². The first kappa shape index (κ1) is 69.8. The van der Waals surface area contributed by atoms with Gasteiger partial charge in [0.2, 0.25) is 47.3 Å². The number of carbonyl (C=O) groups excluding carboxylic acids is 9. The van der Waals surface area contributed by atoms with Crippen LogP contribution in [0.15, 0.2) is 24.3 Å². The van der Waals surface area contributed by atoms with Gasteiger partial charge in [-0.3, -0.25) is 43.2 Å². The van der Waals surface area contributed by atoms with Crippen molar-refractivity contribution in [3.8, 4) is 0 Å². The number of halogens is 1. The van der Waals surface area contributed by atoms with Crippen molar-refractivity contribution >= 4 is 53.2 Å². The van der Waals surface area contributed by atoms with Crippen LogP contribution in [0.5, 0.6) is 0 Å². The Morgan fingerprint density at radius 3 is 1.48 bits per heavy atom. The standard InChI is InChI=1S/C63H105FN10O9/c1-38(2)32-48(53(76)68-50(34-40(5)6)55(78)71-63(12,13)60(83)72-62(10,11)58(81)65-41(7)36-73(14)15)69-59(82)61(8,9)70-54(77)49(33-39(3)4)67-52(75)47(31-26-42-22-18-16-19-23-42)66-56(79)51-35-45(43-24-20-17-21-25-43)37-74(51)57(80)44-27-29-46(64)30-28-44/h27-30,38-43,45,47-51H,16-26,31-37H2,1-15H3,(H,65,81)(H,66,79)(H,67,75)(H,68,76)(H,69,82)(H,70,77)(H,71,78)(H,72,83)/t41-,45+,47-,48-,49-,50-,51-/m0/s1. The van der Waals surface area contributed by atoms with E-state index >= 15 is 0 Å². The number of rotatable bonds is 29. The Bertz CT molecular complexity index is 2360. The smallest absolute Gasteiger partial charge is 0.254 e. The summed E-state index contributed by atoms with van der Waals surface area (Å²) < 4.78 is 14.0. The van der Waals surface area contributed by atoms with Crippen LogP contribution in [0.3, 0.4) is 0 Å². The van der Waals surface area contributed by atoms with Gasteiger partial charge in [-0.2, -0.15) is 0 Å². The third-order valence-corrected chi connectivity index (χ3v) is 16.6. The second-order valence-electron chi connectivity index (χ2n) is 27.5. The molecule has 0 radical (unpaired) electrons. The lowest BCUT2D eigenvalue weighted by molar-refractivity contribution is -0.139. The van der Waals surface area contributed by atoms with Gasteiger partial charge in [0.15, 0.2) is 0 Å². The number of carbonyl (C=O) groups is 9. The molecule has 1 saturated heterocycles. The third-order valence-electron chi connectivity index (χ3n) is 16.6. The van der Waals surface area contributed by atoms with Crippen LogP contribution in [0.25, 0.3) is 0 Å². The highest BCUT2D eigenvalue weighted by Crippen LogP contribution is 2.38. The van der Waals surface area contributed by atoms with Gasteiger partial charge < -0.3 is 52.3 Å². The predicted molar refractivity (Wildman–Crippen MR) is 321 cm³/mol. The predicted octanol–water partition coefficient (Wildman–Crippen LogP) is 6.43. The van der Waals surface area contributed by atoms with Gasteiger partial charge in [0.05, 0.1) is 0 Å². The fraction of sp³-hybridized carbons (Fsp3) is 0.762. The molecule has 0 spiro atoms. The normalized spacial score (nSPS) is 19.3. The molecule has 1 aromatic rings. The number of hydrogen-bond donors (Lipinski definition) is 8. The number of likely N-dealkylation sites (N-methyl/N-ethyl adjacent to an activating group) is 1. The topological polar surface area (TPSA) is 256 Å². The van der Waals surface area contributed by atoms with Crippen molar-refractivity contribution in [3.63, 3.8) is 0 Å². The van der Waals surface area contributed by atoms with Crippen LogP contribution in [-0.2, 0) is 38.4 Å². The average molecular weight is 1170 g/mol. The Hall–Kier alpha value is -5.66. The van der Waals surface area contributed by atoms with Crippen molar-refractivity contribution in [1.82, 2.24) is 52.3 Å². The molecule has 9 amide bonds. The fourth-order valence-corrected chi connectivity index (χ4v) is 11.9. The maximum atomic E-state index is 14.7. The van der Waals surface area contributed by atoms with Gasteiger partial charge >= 0.3 is 0 Å². The highest BCUT2D eigenvalue weighted by Gasteiger charge is 2.45. The fourth-order valence-electron chi connectivity index (χ4n) is 11.9. The minimum Gasteiger partial charge on any atom is -0.350 e. The Labute approximate surface area is 495 Å². The van der Waals surface area contributed by atoms with Crippen LogP contribution in [0.1, 0.15) is 203 Å². The molecule has 1 aromatic carbocycles. The molecular weight excluding hydrogens is 1060 g/mol. The number of nitrogens with one attached hydrogen (secondary N) is 8. The van der Waals surface area contributed by atoms with Crippen LogP contribution in [-0.4, -0.2) is 143 Å². The van der Waals surface area contributed by atoms with Crippen LogP contribution >= 0.6 is 0 Å². The van der Waals surface area contributed by atoms with Gasteiger partial charge in [0.1, 0.15) is 52.6 Å². The maximum Gasteiger partial charge on any atom is 0.254 e. The second kappa shape index (κ2) is 31.5. The number of likely N-dealkylation sites (tertiary alicyclic amines) is 1. The minimum atomic E-state index is -1.64. The lowest BCUT2D eigenvalue weighted by Gasteiger charge is -2.34. The number of nitrogens with zero attached hydrogens (tertiary/aromatic N) is 2. The molecule has 2 saturated carbocycles. The molecule has 83 heavy (non-hydrogen) atoms. The SMILES string of the molecule is CC(C)C[C@H](NC(=O)[C@H](CCC1CCCCC1)NC(=O)[C@@H]1C[C@@H](C2CCCCC2)CN1C(=O)c1ccc(F)cc1)C(=O)NC(C)(C)C(=O)N[C@@H](CC(C)C)C(=O)N[C@@H](CC(C)C)C(=O)NC(C)(C)C(=O)NC(C)(C)C(=O)N[C@@H](C)CN(C)C. The van der Waals surface area contributed by atoms with Gasteiger partial charge in [0, 0.05) is 24.7 Å². The van der Waals surface area contributed by atoms with Crippen LogP contribution in [0, 0.1) is 41.3 Å². The number of benzene rings is 1. The largest absolute Gasteiger partial charge is 0.350 e. The zero-order valence-electron chi connectivity index (χ0n) is 52.9. The first-order valence-corrected chi connectivity index (χ1v) is 30.9. The first-order chi connectivity index (χ1) is 38.7. The monoisotopic (exact) mass is 1160 g/mol. The number of amides is 9. The molecule has 4 rings (SSSR count). The van der Waals surface area contributed by atoms with E-state index in [1.54, 1.807) is 18.7 Å². The van der Waals surface area contributed by atoms with E-state index in [4.69, 9.17) is 0 Å². The summed E-state index contributed by atoms with van der Waals surface area (Å²) in [5.74, 6) is -5.08. The first-order valence-electron chi connectivity index (χ1n) is 30.9. The van der Waals surface area contributed by atoms with E-state index in [2.05, 4.69) is 42.5 Å².